The number of nitrogens with one attached hydrogen (secondary N) is 7. The molecule has 10 aromatic rings. The van der Waals surface area contributed by atoms with Gasteiger partial charge in [-0.1, -0.05) is 103 Å². The van der Waals surface area contributed by atoms with Crippen molar-refractivity contribution in [3.05, 3.63) is 250 Å². The van der Waals surface area contributed by atoms with Crippen LogP contribution in [0.15, 0.2) is 160 Å². The number of Topliss-reactive ketones (excluding diaryl/α,β-unsaturated/α-hetero) is 1. The maximum absolute atomic E-state index is 11.3. The molecule has 94 heavy (non-hydrogen) atoms. The number of esters is 1. The minimum absolute atomic E-state index is 0. The number of aryl methyl sites for hydroxylation is 10. The van der Waals surface area contributed by atoms with E-state index >= 15 is 0 Å². The highest BCUT2D eigenvalue weighted by Gasteiger charge is 2.22. The van der Waals surface area contributed by atoms with E-state index in [-0.39, 0.29) is 48.5 Å². The topological polar surface area (TPSA) is 243 Å². The van der Waals surface area contributed by atoms with Crippen molar-refractivity contribution in [1.29, 1.82) is 0 Å². The normalized spacial score (nSPS) is 13.6. The van der Waals surface area contributed by atoms with Gasteiger partial charge in [0.15, 0.2) is 11.4 Å². The van der Waals surface area contributed by atoms with E-state index in [2.05, 4.69) is 86.4 Å². The van der Waals surface area contributed by atoms with Gasteiger partial charge in [0.25, 0.3) is 11.5 Å². The first-order chi connectivity index (χ1) is 44.5. The lowest BCUT2D eigenvalue weighted by Crippen LogP contribution is -2.41. The number of amides is 5. The molecule has 0 fully saturated rings. The second kappa shape index (κ2) is 30.9. The Morgan fingerprint density at radius 3 is 1.76 bits per heavy atom. The fourth-order valence-electron chi connectivity index (χ4n) is 11.0. The summed E-state index contributed by atoms with van der Waals surface area (Å²) in [4.78, 5) is 79.3. The summed E-state index contributed by atoms with van der Waals surface area (Å²) < 4.78 is 13.2. The number of aromatic amines is 1. The van der Waals surface area contributed by atoms with Crippen molar-refractivity contribution < 1.29 is 33.1 Å². The van der Waals surface area contributed by atoms with Gasteiger partial charge >= 0.3 is 23.8 Å². The number of fused-ring (bicyclic) bond motifs is 8. The maximum atomic E-state index is 11.3. The van der Waals surface area contributed by atoms with Gasteiger partial charge < -0.3 is 41.1 Å². The van der Waals surface area contributed by atoms with Crippen LogP contribution in [0.5, 0.6) is 5.75 Å². The zero-order valence-electron chi connectivity index (χ0n) is 54.5. The fourth-order valence-corrected chi connectivity index (χ4v) is 11.0. The molecule has 19 heteroatoms. The van der Waals surface area contributed by atoms with Gasteiger partial charge in [-0.15, -0.1) is 0 Å². The van der Waals surface area contributed by atoms with Crippen LogP contribution < -0.4 is 52.9 Å². The Hall–Kier alpha value is -11.0. The second-order valence-electron chi connectivity index (χ2n) is 23.8. The average Bonchev–Trinajstić information content (AvgIpc) is 1.33. The largest absolute Gasteiger partial charge is 0.426 e. The highest BCUT2D eigenvalue weighted by atomic mass is 16.5. The number of oxazole rings is 1. The quantitative estimate of drug-likeness (QED) is 0.0556. The van der Waals surface area contributed by atoms with Crippen molar-refractivity contribution in [2.75, 3.05) is 47.5 Å². The van der Waals surface area contributed by atoms with Gasteiger partial charge in [0.2, 0.25) is 0 Å². The lowest BCUT2D eigenvalue weighted by Gasteiger charge is -2.26. The molecule has 7 N–H and O–H groups in total. The molecular formula is C75H84N10O9. The molecule has 0 atom stereocenters. The van der Waals surface area contributed by atoms with Crippen LogP contribution in [0, 0.1) is 55.4 Å². The van der Waals surface area contributed by atoms with E-state index in [0.29, 0.717) is 31.6 Å². The fraction of sp³-hybridized carbons (Fsp3) is 0.267. The standard InChI is InChI=1S/C10H12N2O.C10H11NO.2C9H10N2O.C9H9NO2.C9H9NO.C9H11N.C9H8O2.CH4/c1-7-3-4-8-6-11-10(13)12(2)9(8)5-7;1-7-2-3-8-4-5-11-10(12)9(8)6-7;1-6-3-4-7-8(5-6)11(2)10-9(7)12;1-6-2-3-8-7(4-6)5-10-9(12)11-8;1-6-3-4-8-7(5-6)10(2)9(11)12-8;1-6-2-3-7-8(4-6)10-5-9(7)11;1-7-2-3-9-8(6-7)4-5-10-9;1-6-2-3-7-5-9(10)11-8(7)4-6;/h3-5H,6H2,1-2H3,(H,11,13);2-3,6H,4-5H2,1H3,(H,11,12);3-5H,1-2H3,(H,10,12);2-4H,5H2,1H3,(H2,10,11,12);3-5H,1-2H3;2-4,10H,5H2,1H3;2-3,6,10H,4-5H2,1H3;2-4H,5H2,1H3;1H4. The molecule has 488 valence electrons. The molecule has 2 aromatic heterocycles. The highest BCUT2D eigenvalue weighted by Crippen LogP contribution is 2.28. The molecule has 6 aliphatic rings. The summed E-state index contributed by atoms with van der Waals surface area (Å²) in [5.41, 5.74) is 23.8. The van der Waals surface area contributed by atoms with E-state index in [0.717, 1.165) is 103 Å². The van der Waals surface area contributed by atoms with E-state index in [1.165, 1.54) is 55.6 Å². The van der Waals surface area contributed by atoms with Crippen LogP contribution in [0.1, 0.15) is 100 Å². The molecule has 6 aliphatic heterocycles. The minimum Gasteiger partial charge on any atom is -0.426 e. The number of rotatable bonds is 0. The third-order valence-electron chi connectivity index (χ3n) is 16.1. The number of hydrogen-bond donors (Lipinski definition) is 7. The molecule has 5 amide bonds. The number of benzene rings is 8. The zero-order chi connectivity index (χ0) is 66.6. The van der Waals surface area contributed by atoms with Crippen molar-refractivity contribution >= 4 is 74.5 Å². The Morgan fingerprint density at radius 2 is 1.01 bits per heavy atom. The van der Waals surface area contributed by atoms with Crippen molar-refractivity contribution in [2.45, 2.75) is 95.2 Å². The van der Waals surface area contributed by atoms with Crippen molar-refractivity contribution in [3.8, 4) is 5.75 Å². The third kappa shape index (κ3) is 17.5. The van der Waals surface area contributed by atoms with Crippen LogP contribution in [0.4, 0.5) is 32.3 Å². The van der Waals surface area contributed by atoms with Gasteiger partial charge in [-0.3, -0.25) is 38.4 Å². The van der Waals surface area contributed by atoms with Gasteiger partial charge in [-0.2, -0.15) is 0 Å². The predicted molar refractivity (Wildman–Crippen MR) is 375 cm³/mol. The minimum atomic E-state index is -0.310. The zero-order valence-corrected chi connectivity index (χ0v) is 54.5. The summed E-state index contributed by atoms with van der Waals surface area (Å²) in [6, 6.07) is 47.7. The number of ketones is 1. The monoisotopic (exact) mass is 1270 g/mol. The van der Waals surface area contributed by atoms with Gasteiger partial charge in [-0.25, -0.2) is 14.4 Å². The van der Waals surface area contributed by atoms with Crippen LogP contribution in [0.2, 0.25) is 0 Å². The number of urea groups is 2. The van der Waals surface area contributed by atoms with Crippen LogP contribution in [0.25, 0.3) is 22.0 Å². The van der Waals surface area contributed by atoms with E-state index in [4.69, 9.17) is 9.15 Å². The lowest BCUT2D eigenvalue weighted by molar-refractivity contribution is -0.131. The molecule has 0 radical (unpaired) electrons. The van der Waals surface area contributed by atoms with E-state index in [1.54, 1.807) is 23.7 Å². The first kappa shape index (κ1) is 68.9. The molecule has 8 aromatic carbocycles. The number of carbonyl (C=O) groups is 5. The summed E-state index contributed by atoms with van der Waals surface area (Å²) in [7, 11) is 5.32. The predicted octanol–water partition coefficient (Wildman–Crippen LogP) is 12.8. The number of hydrogen-bond acceptors (Lipinski definition) is 11. The van der Waals surface area contributed by atoms with Crippen LogP contribution >= 0.6 is 0 Å². The molecule has 0 bridgehead atoms. The van der Waals surface area contributed by atoms with E-state index in [9.17, 15) is 33.6 Å². The van der Waals surface area contributed by atoms with Crippen molar-refractivity contribution in [1.82, 2.24) is 30.3 Å². The smallest absolute Gasteiger partial charge is 0.419 e. The Labute approximate surface area is 547 Å². The van der Waals surface area contributed by atoms with Gasteiger partial charge in [0.05, 0.1) is 35.1 Å². The number of carbonyl (C=O) groups excluding carboxylic acids is 5. The molecule has 16 rings (SSSR count). The lowest BCUT2D eigenvalue weighted by atomic mass is 9.98. The average molecular weight is 1270 g/mol. The summed E-state index contributed by atoms with van der Waals surface area (Å²) in [6.07, 6.45) is 2.58. The second-order valence-corrected chi connectivity index (χ2v) is 23.8. The maximum Gasteiger partial charge on any atom is 0.419 e. The summed E-state index contributed by atoms with van der Waals surface area (Å²) in [6.45, 7) is 19.8. The number of aromatic nitrogens is 3. The summed E-state index contributed by atoms with van der Waals surface area (Å²) >= 11 is 0. The number of anilines is 4. The van der Waals surface area contributed by atoms with Crippen molar-refractivity contribution in [3.63, 3.8) is 0 Å². The van der Waals surface area contributed by atoms with Crippen molar-refractivity contribution in [2.24, 2.45) is 14.1 Å². The Kier molecular flexibility index (Phi) is 22.7. The molecule has 0 saturated heterocycles. The first-order valence-electron chi connectivity index (χ1n) is 30.8. The Morgan fingerprint density at radius 1 is 0.447 bits per heavy atom. The molecule has 0 spiro atoms. The Balaban J connectivity index is 0.000000138. The molecule has 8 heterocycles. The summed E-state index contributed by atoms with van der Waals surface area (Å²) in [5, 5.41) is 20.9. The van der Waals surface area contributed by atoms with Crippen LogP contribution in [0.3, 0.4) is 0 Å². The molecule has 0 saturated carbocycles. The van der Waals surface area contributed by atoms with Gasteiger partial charge in [0.1, 0.15) is 5.75 Å². The molecule has 0 aliphatic carbocycles. The number of H-pyrrole nitrogens is 1. The van der Waals surface area contributed by atoms with Gasteiger partial charge in [-0.05, 0) is 185 Å². The highest BCUT2D eigenvalue weighted by molar-refractivity contribution is 6.08. The van der Waals surface area contributed by atoms with Crippen LogP contribution in [-0.4, -0.2) is 70.8 Å². The van der Waals surface area contributed by atoms with E-state index in [1.807, 2.05) is 159 Å². The third-order valence-corrected chi connectivity index (χ3v) is 16.1. The number of ether oxygens (including phenoxy) is 1. The SMILES string of the molecule is C.Cc1ccc2c(=O)[nH]n(C)c2c1.Cc1ccc2c(c1)C(=O)NCC2.Cc1ccc2c(c1)CCN2.Cc1ccc2c(c1)CNC(=O)N2.Cc1ccc2c(c1)N(C)C(=O)NC2.Cc1ccc2c(c1)NCC2=O.Cc1ccc2c(c1)OC(=O)C2.Cc1ccc2oc(=O)n(C)c2c1. The van der Waals surface area contributed by atoms with E-state index < -0.39 is 0 Å². The van der Waals surface area contributed by atoms with Gasteiger partial charge in [0, 0.05) is 81.1 Å². The Bertz CT molecular complexity index is 4580. The first-order valence-corrected chi connectivity index (χ1v) is 30.8. The summed E-state index contributed by atoms with van der Waals surface area (Å²) in [5.74, 6) is 0.538. The molecule has 0 unspecified atom stereocenters. The molecule has 19 nitrogen and oxygen atoms in total. The van der Waals surface area contributed by atoms with Crippen LogP contribution in [-0.2, 0) is 51.2 Å². The molecular weight excluding hydrogens is 1180 g/mol. The number of nitrogens with zero attached hydrogens (tertiary/aromatic N) is 3.